The molecule has 488 valence electrons. The van der Waals surface area contributed by atoms with Crippen molar-refractivity contribution in [3.63, 3.8) is 0 Å². The fourth-order valence-corrected chi connectivity index (χ4v) is 10.8. The molecule has 0 aromatic rings. The number of nitrogens with zero attached hydrogens (tertiary/aromatic N) is 1. The van der Waals surface area contributed by atoms with E-state index in [9.17, 15) is 19.0 Å². The summed E-state index contributed by atoms with van der Waals surface area (Å²) in [4.78, 5) is 35.8. The molecule has 0 aromatic carbocycles. The first-order valence-electron chi connectivity index (χ1n) is 35.3. The van der Waals surface area contributed by atoms with E-state index in [4.69, 9.17) is 18.5 Å². The van der Waals surface area contributed by atoms with Gasteiger partial charge in [0.1, 0.15) is 19.8 Å². The molecule has 0 saturated heterocycles. The molecule has 0 aliphatic heterocycles. The van der Waals surface area contributed by atoms with Crippen LogP contribution in [-0.2, 0) is 32.7 Å². The van der Waals surface area contributed by atoms with E-state index in [0.717, 1.165) is 64.2 Å². The summed E-state index contributed by atoms with van der Waals surface area (Å²) in [5.74, 6) is -0.860. The van der Waals surface area contributed by atoms with Gasteiger partial charge >= 0.3 is 19.8 Å². The maximum absolute atomic E-state index is 12.8. The Hall–Kier alpha value is -2.81. The third-order valence-electron chi connectivity index (χ3n) is 15.4. The predicted octanol–water partition coefficient (Wildman–Crippen LogP) is 22.9. The molecule has 0 saturated carbocycles. The van der Waals surface area contributed by atoms with E-state index in [-0.39, 0.29) is 32.0 Å². The van der Waals surface area contributed by atoms with Gasteiger partial charge < -0.3 is 18.9 Å². The Bertz CT molecular complexity index is 1690. The van der Waals surface area contributed by atoms with E-state index in [1.54, 1.807) is 0 Å². The van der Waals surface area contributed by atoms with Crippen molar-refractivity contribution in [2.24, 2.45) is 0 Å². The zero-order chi connectivity index (χ0) is 61.2. The molecule has 2 unspecified atom stereocenters. The molecule has 0 aromatic heterocycles. The summed E-state index contributed by atoms with van der Waals surface area (Å²) in [6.45, 7) is 4.29. The SMILES string of the molecule is CC/C=C\C/C=C\C/C=C\C/C=C\C/C=C\C/C=C\C/C=C\CCCC(=O)OC(COC(=O)CCCCCCCCCCCCCCCCCCCCCCCCCCCCCCCCCCCCCCC)COP(=O)(O)OCC[N+](C)(C)C. The Labute approximate surface area is 520 Å². The van der Waals surface area contributed by atoms with Crippen LogP contribution in [-0.4, -0.2) is 74.9 Å². The quantitative estimate of drug-likeness (QED) is 0.0211. The molecule has 84 heavy (non-hydrogen) atoms. The molecule has 0 bridgehead atoms. The molecular formula is C74H135NO8P+. The summed E-state index contributed by atoms with van der Waals surface area (Å²) >= 11 is 0. The van der Waals surface area contributed by atoms with Crippen LogP contribution in [0.4, 0.5) is 0 Å². The number of hydrogen-bond acceptors (Lipinski definition) is 7. The molecule has 10 heteroatoms. The van der Waals surface area contributed by atoms with Crippen LogP contribution in [0.15, 0.2) is 85.1 Å². The van der Waals surface area contributed by atoms with E-state index in [0.29, 0.717) is 23.9 Å². The number of carbonyl (C=O) groups excluding carboxylic acids is 2. The van der Waals surface area contributed by atoms with Gasteiger partial charge in [0.05, 0.1) is 27.7 Å². The first-order valence-corrected chi connectivity index (χ1v) is 36.8. The summed E-state index contributed by atoms with van der Waals surface area (Å²) in [5.41, 5.74) is 0. The number of unbranched alkanes of at least 4 members (excludes halogenated alkanes) is 37. The van der Waals surface area contributed by atoms with Gasteiger partial charge in [0.2, 0.25) is 0 Å². The van der Waals surface area contributed by atoms with Crippen molar-refractivity contribution < 1.29 is 42.1 Å². The lowest BCUT2D eigenvalue weighted by Crippen LogP contribution is -2.37. The number of hydrogen-bond donors (Lipinski definition) is 1. The number of esters is 2. The Morgan fingerprint density at radius 1 is 0.381 bits per heavy atom. The van der Waals surface area contributed by atoms with Crippen molar-refractivity contribution in [3.8, 4) is 0 Å². The smallest absolute Gasteiger partial charge is 0.462 e. The summed E-state index contributed by atoms with van der Waals surface area (Å²) < 4.78 is 34.6. The van der Waals surface area contributed by atoms with Crippen LogP contribution in [0.3, 0.4) is 0 Å². The Balaban J connectivity index is 4.01. The molecule has 0 radical (unpaired) electrons. The van der Waals surface area contributed by atoms with Gasteiger partial charge in [-0.25, -0.2) is 4.57 Å². The summed E-state index contributed by atoms with van der Waals surface area (Å²) in [6.07, 6.45) is 88.7. The van der Waals surface area contributed by atoms with Gasteiger partial charge in [-0.05, 0) is 64.2 Å². The second-order valence-electron chi connectivity index (χ2n) is 24.9. The van der Waals surface area contributed by atoms with Crippen LogP contribution < -0.4 is 0 Å². The summed E-state index contributed by atoms with van der Waals surface area (Å²) in [5, 5.41) is 0. The molecule has 0 amide bonds. The molecule has 2 atom stereocenters. The maximum atomic E-state index is 12.8. The lowest BCUT2D eigenvalue weighted by Gasteiger charge is -2.24. The zero-order valence-corrected chi connectivity index (χ0v) is 56.5. The largest absolute Gasteiger partial charge is 0.472 e. The lowest BCUT2D eigenvalue weighted by molar-refractivity contribution is -0.870. The number of likely N-dealkylation sites (N-methyl/N-ethyl adjacent to an activating group) is 1. The van der Waals surface area contributed by atoms with Crippen LogP contribution in [0.25, 0.3) is 0 Å². The van der Waals surface area contributed by atoms with Gasteiger partial charge in [0, 0.05) is 12.8 Å². The average molecular weight is 1200 g/mol. The van der Waals surface area contributed by atoms with Crippen LogP contribution in [0.2, 0.25) is 0 Å². The predicted molar refractivity (Wildman–Crippen MR) is 362 cm³/mol. The van der Waals surface area contributed by atoms with Gasteiger partial charge in [-0.3, -0.25) is 18.6 Å². The molecule has 0 heterocycles. The van der Waals surface area contributed by atoms with Crippen LogP contribution >= 0.6 is 7.82 Å². The molecule has 0 aliphatic rings. The normalized spacial score (nSPS) is 13.6. The number of phosphoric ester groups is 1. The third-order valence-corrected chi connectivity index (χ3v) is 16.4. The fourth-order valence-electron chi connectivity index (χ4n) is 10.1. The Morgan fingerprint density at radius 3 is 1.00 bits per heavy atom. The van der Waals surface area contributed by atoms with Gasteiger partial charge in [-0.15, -0.1) is 0 Å². The van der Waals surface area contributed by atoms with E-state index in [1.807, 2.05) is 21.1 Å². The van der Waals surface area contributed by atoms with Crippen LogP contribution in [0.5, 0.6) is 0 Å². The highest BCUT2D eigenvalue weighted by atomic mass is 31.2. The molecule has 0 rings (SSSR count). The first kappa shape index (κ1) is 81.2. The minimum Gasteiger partial charge on any atom is -0.462 e. The number of quaternary nitrogens is 1. The van der Waals surface area contributed by atoms with E-state index < -0.39 is 26.5 Å². The van der Waals surface area contributed by atoms with Gasteiger partial charge in [0.15, 0.2) is 6.10 Å². The Morgan fingerprint density at radius 2 is 0.679 bits per heavy atom. The van der Waals surface area contributed by atoms with Gasteiger partial charge in [-0.1, -0.05) is 330 Å². The number of rotatable bonds is 65. The zero-order valence-electron chi connectivity index (χ0n) is 55.6. The maximum Gasteiger partial charge on any atom is 0.472 e. The molecule has 1 N–H and O–H groups in total. The number of allylic oxidation sites excluding steroid dienone is 14. The Kier molecular flexibility index (Phi) is 62.5. The highest BCUT2D eigenvalue weighted by Gasteiger charge is 2.27. The standard InChI is InChI=1S/C74H134NO8P/c1-6-8-10-12-14-16-18-20-22-24-26-28-30-31-32-33-34-35-36-37-38-39-40-41-42-43-45-46-48-50-52-54-56-58-60-62-64-66-73(76)80-70-72(71-82-84(78,79)81-69-68-75(3,4)5)83-74(77)67-65-63-61-59-57-55-53-51-49-47-44-29-27-25-23-21-19-17-15-13-11-9-7-2/h9,11,15,17,21,23,27,29,47,49,53,55,59,61,72H,6-8,10,12-14,16,18-20,22,24-26,28,30-46,48,50-52,54,56-58,60,62-71H2,1-5H3/p+1/b11-9-,17-15-,23-21-,29-27-,49-47-,55-53-,61-59-. The molecule has 9 nitrogen and oxygen atoms in total. The van der Waals surface area contributed by atoms with Gasteiger partial charge in [-0.2, -0.15) is 0 Å². The highest BCUT2D eigenvalue weighted by Crippen LogP contribution is 2.43. The fraction of sp³-hybridized carbons (Fsp3) is 0.784. The molecular weight excluding hydrogens is 1060 g/mol. The van der Waals surface area contributed by atoms with Crippen molar-refractivity contribution in [3.05, 3.63) is 85.1 Å². The van der Waals surface area contributed by atoms with Crippen LogP contribution in [0.1, 0.15) is 322 Å². The summed E-state index contributed by atoms with van der Waals surface area (Å²) in [6, 6.07) is 0. The van der Waals surface area contributed by atoms with Crippen molar-refractivity contribution in [2.75, 3.05) is 47.5 Å². The minimum absolute atomic E-state index is 0.0180. The van der Waals surface area contributed by atoms with Gasteiger partial charge in [0.25, 0.3) is 0 Å². The minimum atomic E-state index is -4.41. The average Bonchev–Trinajstić information content (AvgIpc) is 3.61. The van der Waals surface area contributed by atoms with Crippen molar-refractivity contribution >= 4 is 19.8 Å². The third kappa shape index (κ3) is 68.3. The molecule has 0 fully saturated rings. The molecule has 0 aliphatic carbocycles. The van der Waals surface area contributed by atoms with Crippen LogP contribution in [0, 0.1) is 0 Å². The molecule has 0 spiro atoms. The van der Waals surface area contributed by atoms with Crippen molar-refractivity contribution in [1.82, 2.24) is 0 Å². The van der Waals surface area contributed by atoms with E-state index >= 15 is 0 Å². The lowest BCUT2D eigenvalue weighted by atomic mass is 10.0. The van der Waals surface area contributed by atoms with Crippen molar-refractivity contribution in [2.45, 2.75) is 328 Å². The first-order chi connectivity index (χ1) is 41.0. The highest BCUT2D eigenvalue weighted by molar-refractivity contribution is 7.47. The number of ether oxygens (including phenoxy) is 2. The number of phosphoric acid groups is 1. The van der Waals surface area contributed by atoms with E-state index in [2.05, 4.69) is 98.9 Å². The topological polar surface area (TPSA) is 108 Å². The number of carbonyl (C=O) groups is 2. The summed E-state index contributed by atoms with van der Waals surface area (Å²) in [7, 11) is 1.44. The second kappa shape index (κ2) is 64.7. The van der Waals surface area contributed by atoms with Crippen molar-refractivity contribution in [1.29, 1.82) is 0 Å². The monoisotopic (exact) mass is 1200 g/mol. The van der Waals surface area contributed by atoms with E-state index in [1.165, 1.54) is 218 Å². The second-order valence-corrected chi connectivity index (χ2v) is 26.4.